The van der Waals surface area contributed by atoms with Crippen LogP contribution in [0.1, 0.15) is 5.56 Å². The Morgan fingerprint density at radius 3 is 2.47 bits per heavy atom. The summed E-state index contributed by atoms with van der Waals surface area (Å²) in [5, 5.41) is 2.48. The summed E-state index contributed by atoms with van der Waals surface area (Å²) in [4.78, 5) is 11.8. The predicted octanol–water partition coefficient (Wildman–Crippen LogP) is 0.779. The quantitative estimate of drug-likeness (QED) is 0.513. The summed E-state index contributed by atoms with van der Waals surface area (Å²) in [6.45, 7) is -0.100. The standard InChI is InChI=1S/C12H17NO4S2/c14-12(13-6-7-19(15,16)17)11(9-18)8-10-4-2-1-3-5-10/h1-5,11,18H,6-9H2,(H,13,14)(H,15,16,17)/t11-/m0/s1. The van der Waals surface area contributed by atoms with E-state index in [2.05, 4.69) is 17.9 Å². The van der Waals surface area contributed by atoms with E-state index in [1.807, 2.05) is 30.3 Å². The van der Waals surface area contributed by atoms with Crippen molar-refractivity contribution in [2.45, 2.75) is 6.42 Å². The van der Waals surface area contributed by atoms with E-state index in [9.17, 15) is 13.2 Å². The van der Waals surface area contributed by atoms with E-state index in [4.69, 9.17) is 4.55 Å². The Morgan fingerprint density at radius 2 is 1.95 bits per heavy atom. The van der Waals surface area contributed by atoms with Crippen LogP contribution in [0.3, 0.4) is 0 Å². The van der Waals surface area contributed by atoms with Gasteiger partial charge in [-0.15, -0.1) is 0 Å². The second-order valence-corrected chi connectivity index (χ2v) is 6.08. The van der Waals surface area contributed by atoms with Gasteiger partial charge in [-0.3, -0.25) is 9.35 Å². The van der Waals surface area contributed by atoms with Crippen LogP contribution in [0, 0.1) is 5.92 Å². The molecule has 0 saturated heterocycles. The molecule has 0 spiro atoms. The third-order valence-electron chi connectivity index (χ3n) is 2.58. The molecule has 7 heteroatoms. The van der Waals surface area contributed by atoms with E-state index < -0.39 is 15.9 Å². The fraction of sp³-hybridized carbons (Fsp3) is 0.417. The molecule has 0 unspecified atom stereocenters. The van der Waals surface area contributed by atoms with Gasteiger partial charge in [0.05, 0.1) is 11.7 Å². The maximum atomic E-state index is 11.8. The van der Waals surface area contributed by atoms with Crippen molar-refractivity contribution in [1.82, 2.24) is 5.32 Å². The number of hydrogen-bond donors (Lipinski definition) is 3. The van der Waals surface area contributed by atoms with Crippen molar-refractivity contribution in [3.63, 3.8) is 0 Å². The topological polar surface area (TPSA) is 83.5 Å². The number of carbonyl (C=O) groups is 1. The van der Waals surface area contributed by atoms with Crippen molar-refractivity contribution >= 4 is 28.7 Å². The molecule has 0 aliphatic rings. The first-order chi connectivity index (χ1) is 8.92. The molecule has 0 aromatic heterocycles. The first kappa shape index (κ1) is 16.0. The minimum atomic E-state index is -4.04. The summed E-state index contributed by atoms with van der Waals surface area (Å²) >= 11 is 4.14. The lowest BCUT2D eigenvalue weighted by molar-refractivity contribution is -0.124. The Kier molecular flexibility index (Phi) is 6.33. The van der Waals surface area contributed by atoms with Crippen LogP contribution in [0.4, 0.5) is 0 Å². The molecule has 106 valence electrons. The predicted molar refractivity (Wildman–Crippen MR) is 76.9 cm³/mol. The summed E-state index contributed by atoms with van der Waals surface area (Å²) in [5.41, 5.74) is 1.02. The largest absolute Gasteiger partial charge is 0.355 e. The van der Waals surface area contributed by atoms with Gasteiger partial charge < -0.3 is 5.32 Å². The molecule has 1 rings (SSSR count). The molecular formula is C12H17NO4S2. The van der Waals surface area contributed by atoms with Crippen LogP contribution in [-0.2, 0) is 21.3 Å². The fourth-order valence-corrected chi connectivity index (χ4v) is 2.24. The number of hydrogen-bond acceptors (Lipinski definition) is 4. The smallest absolute Gasteiger partial charge is 0.266 e. The first-order valence-corrected chi connectivity index (χ1v) is 8.04. The molecule has 0 radical (unpaired) electrons. The highest BCUT2D eigenvalue weighted by Gasteiger charge is 2.17. The highest BCUT2D eigenvalue weighted by Crippen LogP contribution is 2.10. The Morgan fingerprint density at radius 1 is 1.32 bits per heavy atom. The van der Waals surface area contributed by atoms with Crippen LogP contribution >= 0.6 is 12.6 Å². The van der Waals surface area contributed by atoms with Gasteiger partial charge in [-0.05, 0) is 12.0 Å². The van der Waals surface area contributed by atoms with Crippen molar-refractivity contribution in [2.24, 2.45) is 5.92 Å². The zero-order chi connectivity index (χ0) is 14.3. The SMILES string of the molecule is O=C(NCCS(=O)(=O)O)[C@H](CS)Cc1ccccc1. The molecule has 0 heterocycles. The maximum absolute atomic E-state index is 11.8. The van der Waals surface area contributed by atoms with Gasteiger partial charge in [-0.25, -0.2) is 0 Å². The summed E-state index contributed by atoms with van der Waals surface area (Å²) in [7, 11) is -4.04. The van der Waals surface area contributed by atoms with Crippen LogP contribution in [0.25, 0.3) is 0 Å². The molecule has 1 aromatic rings. The number of rotatable bonds is 7. The number of nitrogens with one attached hydrogen (secondary N) is 1. The van der Waals surface area contributed by atoms with E-state index in [0.29, 0.717) is 12.2 Å². The molecule has 2 N–H and O–H groups in total. The Bertz CT molecular complexity index is 502. The molecule has 0 fully saturated rings. The Hall–Kier alpha value is -1.05. The minimum absolute atomic E-state index is 0.100. The third kappa shape index (κ3) is 6.60. The number of benzene rings is 1. The van der Waals surface area contributed by atoms with Crippen molar-refractivity contribution in [3.05, 3.63) is 35.9 Å². The lowest BCUT2D eigenvalue weighted by Crippen LogP contribution is -2.35. The van der Waals surface area contributed by atoms with Crippen LogP contribution in [0.2, 0.25) is 0 Å². The van der Waals surface area contributed by atoms with Gasteiger partial charge in [0, 0.05) is 12.3 Å². The van der Waals surface area contributed by atoms with Gasteiger partial charge in [-0.2, -0.15) is 21.0 Å². The van der Waals surface area contributed by atoms with E-state index in [1.54, 1.807) is 0 Å². The van der Waals surface area contributed by atoms with E-state index >= 15 is 0 Å². The molecule has 5 nitrogen and oxygen atoms in total. The van der Waals surface area contributed by atoms with Crippen molar-refractivity contribution < 1.29 is 17.8 Å². The molecule has 0 bridgehead atoms. The molecule has 1 atom stereocenters. The number of thiol groups is 1. The molecule has 19 heavy (non-hydrogen) atoms. The van der Waals surface area contributed by atoms with Crippen LogP contribution in [0.5, 0.6) is 0 Å². The Balaban J connectivity index is 2.48. The number of carbonyl (C=O) groups excluding carboxylic acids is 1. The zero-order valence-corrected chi connectivity index (χ0v) is 12.0. The average Bonchev–Trinajstić information content (AvgIpc) is 2.35. The van der Waals surface area contributed by atoms with Crippen LogP contribution in [0.15, 0.2) is 30.3 Å². The average molecular weight is 303 g/mol. The zero-order valence-electron chi connectivity index (χ0n) is 10.3. The highest BCUT2D eigenvalue weighted by molar-refractivity contribution is 7.85. The monoisotopic (exact) mass is 303 g/mol. The Labute approximate surface area is 118 Å². The van der Waals surface area contributed by atoms with Crippen molar-refractivity contribution in [2.75, 3.05) is 18.1 Å². The van der Waals surface area contributed by atoms with Crippen molar-refractivity contribution in [1.29, 1.82) is 0 Å². The molecule has 0 saturated carbocycles. The van der Waals surface area contributed by atoms with Crippen molar-refractivity contribution in [3.8, 4) is 0 Å². The van der Waals surface area contributed by atoms with E-state index in [0.717, 1.165) is 5.56 Å². The van der Waals surface area contributed by atoms with Gasteiger partial charge in [0.25, 0.3) is 10.1 Å². The fourth-order valence-electron chi connectivity index (χ4n) is 1.59. The van der Waals surface area contributed by atoms with E-state index in [-0.39, 0.29) is 18.4 Å². The van der Waals surface area contributed by atoms with Crippen LogP contribution in [-0.4, -0.2) is 36.9 Å². The lowest BCUT2D eigenvalue weighted by Gasteiger charge is -2.14. The normalized spacial score (nSPS) is 12.9. The molecule has 0 aliphatic heterocycles. The summed E-state index contributed by atoms with van der Waals surface area (Å²) < 4.78 is 29.6. The van der Waals surface area contributed by atoms with Gasteiger partial charge in [0.15, 0.2) is 0 Å². The third-order valence-corrected chi connectivity index (χ3v) is 3.74. The summed E-state index contributed by atoms with van der Waals surface area (Å²) in [5.74, 6) is -0.703. The first-order valence-electron chi connectivity index (χ1n) is 5.80. The maximum Gasteiger partial charge on any atom is 0.266 e. The molecular weight excluding hydrogens is 286 g/mol. The minimum Gasteiger partial charge on any atom is -0.355 e. The van der Waals surface area contributed by atoms with Gasteiger partial charge in [-0.1, -0.05) is 30.3 Å². The van der Waals surface area contributed by atoms with Gasteiger partial charge in [0.2, 0.25) is 5.91 Å². The second-order valence-electron chi connectivity index (χ2n) is 4.15. The van der Waals surface area contributed by atoms with Crippen LogP contribution < -0.4 is 5.32 Å². The lowest BCUT2D eigenvalue weighted by atomic mass is 10.0. The molecule has 1 amide bonds. The second kappa shape index (κ2) is 7.52. The highest BCUT2D eigenvalue weighted by atomic mass is 32.2. The number of amides is 1. The van der Waals surface area contributed by atoms with E-state index in [1.165, 1.54) is 0 Å². The summed E-state index contributed by atoms with van der Waals surface area (Å²) in [6, 6.07) is 9.51. The van der Waals surface area contributed by atoms with Gasteiger partial charge >= 0.3 is 0 Å². The summed E-state index contributed by atoms with van der Waals surface area (Å²) in [6.07, 6.45) is 0.544. The molecule has 0 aliphatic carbocycles. The van der Waals surface area contributed by atoms with Gasteiger partial charge in [0.1, 0.15) is 0 Å². The molecule has 1 aromatic carbocycles.